The molecule has 0 radical (unpaired) electrons. The number of carbonyl (C=O) groups is 4. The highest BCUT2D eigenvalue weighted by Crippen LogP contribution is 2.21. The largest absolute Gasteiger partial charge is 0.369 e. The average Bonchev–Trinajstić information content (AvgIpc) is 2.95. The Morgan fingerprint density at radius 1 is 1.02 bits per heavy atom. The average molecular weight is 559 g/mol. The van der Waals surface area contributed by atoms with Gasteiger partial charge in [-0.2, -0.15) is 4.98 Å². The number of carbonyl (C=O) groups excluding carboxylic acids is 4. The SMILES string of the molecule is C=C(C)C(=O)N(C)[C@@H](C)C(=O)Nc1cccc(NC(=O)c2cnc(Nc3ccc(C(N)=O)cc3)nc2NCCC)c1. The van der Waals surface area contributed by atoms with E-state index < -0.39 is 23.8 Å². The maximum Gasteiger partial charge on any atom is 0.260 e. The van der Waals surface area contributed by atoms with Gasteiger partial charge < -0.3 is 31.9 Å². The molecule has 4 amide bonds. The van der Waals surface area contributed by atoms with Crippen LogP contribution in [0.25, 0.3) is 0 Å². The van der Waals surface area contributed by atoms with Crippen molar-refractivity contribution in [2.75, 3.05) is 34.9 Å². The Morgan fingerprint density at radius 2 is 1.68 bits per heavy atom. The molecular weight excluding hydrogens is 524 g/mol. The fourth-order valence-electron chi connectivity index (χ4n) is 3.61. The van der Waals surface area contributed by atoms with Crippen molar-refractivity contribution >= 4 is 52.5 Å². The van der Waals surface area contributed by atoms with Crippen LogP contribution in [-0.2, 0) is 9.59 Å². The van der Waals surface area contributed by atoms with Gasteiger partial charge in [0.05, 0.1) is 0 Å². The monoisotopic (exact) mass is 558 g/mol. The highest BCUT2D eigenvalue weighted by atomic mass is 16.2. The second kappa shape index (κ2) is 13.7. The van der Waals surface area contributed by atoms with Gasteiger partial charge in [-0.3, -0.25) is 19.2 Å². The van der Waals surface area contributed by atoms with Gasteiger partial charge in [-0.25, -0.2) is 4.98 Å². The summed E-state index contributed by atoms with van der Waals surface area (Å²) in [6.07, 6.45) is 2.21. The Balaban J connectivity index is 1.74. The van der Waals surface area contributed by atoms with E-state index in [0.29, 0.717) is 40.6 Å². The molecule has 0 bridgehead atoms. The normalized spacial score (nSPS) is 11.1. The van der Waals surface area contributed by atoms with Crippen LogP contribution in [0, 0.1) is 0 Å². The molecule has 12 nitrogen and oxygen atoms in total. The number of primary amides is 1. The second-order valence-electron chi connectivity index (χ2n) is 9.35. The lowest BCUT2D eigenvalue weighted by Crippen LogP contribution is -2.43. The Morgan fingerprint density at radius 3 is 2.29 bits per heavy atom. The molecule has 3 aromatic rings. The van der Waals surface area contributed by atoms with Crippen molar-refractivity contribution in [3.8, 4) is 0 Å². The van der Waals surface area contributed by atoms with Gasteiger partial charge in [0.25, 0.3) is 5.91 Å². The predicted octanol–water partition coefficient (Wildman–Crippen LogP) is 3.75. The van der Waals surface area contributed by atoms with E-state index in [1.165, 1.54) is 18.1 Å². The van der Waals surface area contributed by atoms with E-state index in [0.717, 1.165) is 6.42 Å². The molecule has 1 heterocycles. The number of amides is 4. The molecule has 0 aliphatic carbocycles. The molecule has 1 atom stereocenters. The summed E-state index contributed by atoms with van der Waals surface area (Å²) in [5.41, 5.74) is 7.72. The lowest BCUT2D eigenvalue weighted by molar-refractivity contribution is -0.133. The summed E-state index contributed by atoms with van der Waals surface area (Å²) in [4.78, 5) is 59.4. The second-order valence-corrected chi connectivity index (χ2v) is 9.35. The Kier molecular flexibility index (Phi) is 10.1. The zero-order valence-corrected chi connectivity index (χ0v) is 23.4. The van der Waals surface area contributed by atoms with Crippen LogP contribution < -0.4 is 27.0 Å². The highest BCUT2D eigenvalue weighted by molar-refractivity contribution is 6.08. The number of likely N-dealkylation sites (N-methyl/N-ethyl adjacent to an activating group) is 1. The topological polar surface area (TPSA) is 171 Å². The van der Waals surface area contributed by atoms with E-state index in [9.17, 15) is 19.2 Å². The third-order valence-corrected chi connectivity index (χ3v) is 6.04. The van der Waals surface area contributed by atoms with Gasteiger partial charge in [0.2, 0.25) is 23.7 Å². The molecule has 0 spiro atoms. The molecule has 0 saturated heterocycles. The van der Waals surface area contributed by atoms with Crippen molar-refractivity contribution in [1.29, 1.82) is 0 Å². The molecule has 0 aliphatic rings. The Bertz CT molecular complexity index is 1460. The molecule has 0 fully saturated rings. The van der Waals surface area contributed by atoms with Gasteiger partial charge >= 0.3 is 0 Å². The summed E-state index contributed by atoms with van der Waals surface area (Å²) in [6.45, 7) is 9.38. The van der Waals surface area contributed by atoms with Gasteiger partial charge in [0.15, 0.2) is 0 Å². The molecule has 41 heavy (non-hydrogen) atoms. The van der Waals surface area contributed by atoms with Crippen molar-refractivity contribution in [1.82, 2.24) is 14.9 Å². The van der Waals surface area contributed by atoms with Crippen molar-refractivity contribution in [3.05, 3.63) is 78.0 Å². The minimum Gasteiger partial charge on any atom is -0.369 e. The number of nitrogens with zero attached hydrogens (tertiary/aromatic N) is 3. The number of hydrogen-bond acceptors (Lipinski definition) is 8. The first-order valence-electron chi connectivity index (χ1n) is 12.9. The van der Waals surface area contributed by atoms with Gasteiger partial charge in [-0.1, -0.05) is 19.6 Å². The molecule has 0 unspecified atom stereocenters. The number of aromatic nitrogens is 2. The van der Waals surface area contributed by atoms with E-state index in [2.05, 4.69) is 37.8 Å². The highest BCUT2D eigenvalue weighted by Gasteiger charge is 2.23. The van der Waals surface area contributed by atoms with Crippen molar-refractivity contribution in [3.63, 3.8) is 0 Å². The number of nitrogens with one attached hydrogen (secondary N) is 4. The van der Waals surface area contributed by atoms with Crippen molar-refractivity contribution in [2.45, 2.75) is 33.2 Å². The van der Waals surface area contributed by atoms with E-state index in [4.69, 9.17) is 5.73 Å². The van der Waals surface area contributed by atoms with Crippen LogP contribution in [0.15, 0.2) is 66.9 Å². The fraction of sp³-hybridized carbons (Fsp3) is 0.241. The molecule has 214 valence electrons. The number of anilines is 5. The molecule has 2 aromatic carbocycles. The quantitative estimate of drug-likeness (QED) is 0.209. The molecular formula is C29H34N8O4. The molecule has 0 aliphatic heterocycles. The van der Waals surface area contributed by atoms with Crippen LogP contribution in [-0.4, -0.2) is 58.1 Å². The molecule has 3 rings (SSSR count). The van der Waals surface area contributed by atoms with Crippen molar-refractivity contribution < 1.29 is 19.2 Å². The summed E-state index contributed by atoms with van der Waals surface area (Å²) >= 11 is 0. The molecule has 1 aromatic heterocycles. The van der Waals surface area contributed by atoms with Gasteiger partial charge in [-0.15, -0.1) is 0 Å². The van der Waals surface area contributed by atoms with Crippen LogP contribution in [0.1, 0.15) is 47.9 Å². The maximum atomic E-state index is 13.2. The fourth-order valence-corrected chi connectivity index (χ4v) is 3.61. The first kappa shape index (κ1) is 30.3. The van der Waals surface area contributed by atoms with Crippen LogP contribution in [0.5, 0.6) is 0 Å². The minimum absolute atomic E-state index is 0.219. The van der Waals surface area contributed by atoms with Gasteiger partial charge in [0, 0.05) is 48.0 Å². The minimum atomic E-state index is -0.741. The van der Waals surface area contributed by atoms with E-state index >= 15 is 0 Å². The van der Waals surface area contributed by atoms with Crippen LogP contribution in [0.2, 0.25) is 0 Å². The predicted molar refractivity (Wildman–Crippen MR) is 159 cm³/mol. The summed E-state index contributed by atoms with van der Waals surface area (Å²) in [6, 6.07) is 12.4. The lowest BCUT2D eigenvalue weighted by atomic mass is 10.2. The smallest absolute Gasteiger partial charge is 0.260 e. The van der Waals surface area contributed by atoms with Crippen LogP contribution in [0.3, 0.4) is 0 Å². The van der Waals surface area contributed by atoms with Crippen LogP contribution >= 0.6 is 0 Å². The Hall–Kier alpha value is -5.26. The number of hydrogen-bond donors (Lipinski definition) is 5. The van der Waals surface area contributed by atoms with E-state index in [-0.39, 0.29) is 17.4 Å². The van der Waals surface area contributed by atoms with E-state index in [1.54, 1.807) is 62.4 Å². The Labute approximate surface area is 238 Å². The summed E-state index contributed by atoms with van der Waals surface area (Å²) in [5.74, 6) is -1.12. The van der Waals surface area contributed by atoms with E-state index in [1.807, 2.05) is 6.92 Å². The zero-order chi connectivity index (χ0) is 30.1. The van der Waals surface area contributed by atoms with Gasteiger partial charge in [-0.05, 0) is 62.7 Å². The lowest BCUT2D eigenvalue weighted by Gasteiger charge is -2.24. The first-order chi connectivity index (χ1) is 19.5. The number of benzene rings is 2. The summed E-state index contributed by atoms with van der Waals surface area (Å²) in [7, 11) is 1.53. The zero-order valence-electron chi connectivity index (χ0n) is 23.4. The van der Waals surface area contributed by atoms with Gasteiger partial charge in [0.1, 0.15) is 17.4 Å². The standard InChI is InChI=1S/C29H34N8O4/c1-6-14-31-25-23(16-32-29(36-25)35-20-12-10-19(11-13-20)24(30)38)27(40)34-22-9-7-8-21(15-22)33-26(39)18(4)37(5)28(41)17(2)3/h7-13,15-16,18H,2,6,14H2,1,3-5H3,(H2,30,38)(H,33,39)(H,34,40)(H2,31,32,35,36)/t18-/m0/s1. The number of rotatable bonds is 12. The van der Waals surface area contributed by atoms with Crippen molar-refractivity contribution in [2.24, 2.45) is 5.73 Å². The molecule has 6 N–H and O–H groups in total. The maximum absolute atomic E-state index is 13.2. The molecule has 12 heteroatoms. The third kappa shape index (κ3) is 8.12. The van der Waals surface area contributed by atoms with Crippen LogP contribution in [0.4, 0.5) is 28.8 Å². The summed E-state index contributed by atoms with van der Waals surface area (Å²) in [5, 5.41) is 11.8. The first-order valence-corrected chi connectivity index (χ1v) is 12.9. The third-order valence-electron chi connectivity index (χ3n) is 6.04. The number of nitrogens with two attached hydrogens (primary N) is 1. The molecule has 0 saturated carbocycles. The summed E-state index contributed by atoms with van der Waals surface area (Å²) < 4.78 is 0.